The van der Waals surface area contributed by atoms with E-state index in [4.69, 9.17) is 0 Å². The molecule has 0 N–H and O–H groups in total. The molecule has 0 saturated carbocycles. The van der Waals surface area contributed by atoms with Crippen LogP contribution in [0.5, 0.6) is 0 Å². The number of rotatable bonds is 3. The third-order valence-corrected chi connectivity index (χ3v) is 8.83. The van der Waals surface area contributed by atoms with Gasteiger partial charge in [0.05, 0.1) is 5.41 Å². The summed E-state index contributed by atoms with van der Waals surface area (Å²) < 4.78 is 0. The van der Waals surface area contributed by atoms with Gasteiger partial charge in [-0.2, -0.15) is 0 Å². The van der Waals surface area contributed by atoms with E-state index in [0.29, 0.717) is 0 Å². The van der Waals surface area contributed by atoms with E-state index >= 15 is 0 Å². The zero-order chi connectivity index (χ0) is 25.2. The standard InChI is InChI=1S/C37H30/c1-4-27(25-14-6-5-7-15-25)26-22-23-31-29(24-26)28-16-8-9-17-30(28)37(31)34-20-12-10-18-32(34)36(2,3)33-19-11-13-21-35(33)37/h4-24,27H,1H2,2-3H3. The highest BCUT2D eigenvalue weighted by Gasteiger charge is 2.53. The van der Waals surface area contributed by atoms with E-state index < -0.39 is 0 Å². The minimum absolute atomic E-state index is 0.0721. The van der Waals surface area contributed by atoms with Gasteiger partial charge in [0.1, 0.15) is 0 Å². The van der Waals surface area contributed by atoms with Crippen LogP contribution in [-0.4, -0.2) is 0 Å². The van der Waals surface area contributed by atoms with Gasteiger partial charge in [-0.25, -0.2) is 0 Å². The summed E-state index contributed by atoms with van der Waals surface area (Å²) in [5, 5.41) is 0. The molecule has 0 fully saturated rings. The molecule has 0 heteroatoms. The molecule has 0 amide bonds. The lowest BCUT2D eigenvalue weighted by molar-refractivity contribution is 0.563. The molecule has 0 radical (unpaired) electrons. The summed E-state index contributed by atoms with van der Waals surface area (Å²) in [5.74, 6) is 0.153. The van der Waals surface area contributed by atoms with E-state index in [1.54, 1.807) is 0 Å². The lowest BCUT2D eigenvalue weighted by Gasteiger charge is -2.46. The number of hydrogen-bond donors (Lipinski definition) is 0. The van der Waals surface area contributed by atoms with Gasteiger partial charge in [0.2, 0.25) is 0 Å². The fourth-order valence-electron chi connectivity index (χ4n) is 7.20. The first-order valence-corrected chi connectivity index (χ1v) is 13.2. The molecular formula is C37H30. The molecular weight excluding hydrogens is 444 g/mol. The summed E-state index contributed by atoms with van der Waals surface area (Å²) in [6.07, 6.45) is 2.07. The number of hydrogen-bond acceptors (Lipinski definition) is 0. The van der Waals surface area contributed by atoms with E-state index in [1.165, 1.54) is 55.6 Å². The summed E-state index contributed by atoms with van der Waals surface area (Å²) >= 11 is 0. The predicted octanol–water partition coefficient (Wildman–Crippen LogP) is 9.01. The Balaban J connectivity index is 1.57. The molecule has 0 aliphatic heterocycles. The molecule has 7 rings (SSSR count). The summed E-state index contributed by atoms with van der Waals surface area (Å²) in [4.78, 5) is 0. The van der Waals surface area contributed by atoms with Crippen molar-refractivity contribution in [3.8, 4) is 11.1 Å². The lowest BCUT2D eigenvalue weighted by Crippen LogP contribution is -2.40. The van der Waals surface area contributed by atoms with Gasteiger partial charge in [0.25, 0.3) is 0 Å². The molecule has 1 atom stereocenters. The molecule has 2 aliphatic carbocycles. The summed E-state index contributed by atoms with van der Waals surface area (Å²) in [5.41, 5.74) is 13.2. The topological polar surface area (TPSA) is 0 Å². The predicted molar refractivity (Wildman–Crippen MR) is 154 cm³/mol. The van der Waals surface area contributed by atoms with Crippen molar-refractivity contribution < 1.29 is 0 Å². The van der Waals surface area contributed by atoms with Crippen molar-refractivity contribution >= 4 is 0 Å². The van der Waals surface area contributed by atoms with Crippen LogP contribution in [0.4, 0.5) is 0 Å². The first kappa shape index (κ1) is 22.1. The summed E-state index contributed by atoms with van der Waals surface area (Å²) in [7, 11) is 0. The maximum Gasteiger partial charge on any atom is 0.0719 e. The fourth-order valence-corrected chi connectivity index (χ4v) is 7.20. The first-order chi connectivity index (χ1) is 18.1. The Labute approximate surface area is 220 Å². The number of fused-ring (bicyclic) bond motifs is 9. The van der Waals surface area contributed by atoms with E-state index in [-0.39, 0.29) is 16.7 Å². The Hall–Kier alpha value is -4.16. The van der Waals surface area contributed by atoms with E-state index in [2.05, 4.69) is 148 Å². The van der Waals surface area contributed by atoms with Crippen molar-refractivity contribution in [3.63, 3.8) is 0 Å². The molecule has 0 aromatic heterocycles. The Kier molecular flexibility index (Phi) is 4.72. The van der Waals surface area contributed by atoms with Gasteiger partial charge in [-0.15, -0.1) is 6.58 Å². The van der Waals surface area contributed by atoms with Gasteiger partial charge in [-0.1, -0.05) is 135 Å². The van der Waals surface area contributed by atoms with Crippen molar-refractivity contribution in [2.45, 2.75) is 30.6 Å². The average Bonchev–Trinajstić information content (AvgIpc) is 3.24. The third kappa shape index (κ3) is 2.84. The van der Waals surface area contributed by atoms with Gasteiger partial charge >= 0.3 is 0 Å². The first-order valence-electron chi connectivity index (χ1n) is 13.2. The molecule has 0 saturated heterocycles. The van der Waals surface area contributed by atoms with Gasteiger partial charge in [-0.05, 0) is 61.7 Å². The Bertz CT molecular complexity index is 1620. The quantitative estimate of drug-likeness (QED) is 0.224. The second kappa shape index (κ2) is 7.92. The van der Waals surface area contributed by atoms with Crippen molar-refractivity contribution in [2.24, 2.45) is 0 Å². The van der Waals surface area contributed by atoms with E-state index in [9.17, 15) is 0 Å². The Morgan fingerprint density at radius 1 is 0.514 bits per heavy atom. The molecule has 178 valence electrons. The van der Waals surface area contributed by atoms with E-state index in [1.807, 2.05) is 0 Å². The van der Waals surface area contributed by atoms with Crippen LogP contribution in [0.3, 0.4) is 0 Å². The maximum atomic E-state index is 4.21. The van der Waals surface area contributed by atoms with E-state index in [0.717, 1.165) is 0 Å². The fraction of sp³-hybridized carbons (Fsp3) is 0.135. The van der Waals surface area contributed by atoms with Crippen molar-refractivity contribution in [1.82, 2.24) is 0 Å². The van der Waals surface area contributed by atoms with Crippen LogP contribution in [0.25, 0.3) is 11.1 Å². The second-order valence-corrected chi connectivity index (χ2v) is 10.9. The molecule has 1 unspecified atom stereocenters. The SMILES string of the molecule is C=CC(c1ccccc1)c1ccc2c(c1)-c1ccccc1C21c2ccccc2C(C)(C)c2ccccc21. The largest absolute Gasteiger partial charge is 0.102 e. The zero-order valence-corrected chi connectivity index (χ0v) is 21.4. The number of benzene rings is 5. The minimum Gasteiger partial charge on any atom is -0.102 e. The third-order valence-electron chi connectivity index (χ3n) is 8.83. The molecule has 1 spiro atoms. The lowest BCUT2D eigenvalue weighted by atomic mass is 9.55. The normalized spacial score (nSPS) is 16.3. The van der Waals surface area contributed by atoms with Gasteiger partial charge in [-0.3, -0.25) is 0 Å². The summed E-state index contributed by atoms with van der Waals surface area (Å²) in [6, 6.07) is 45.1. The highest BCUT2D eigenvalue weighted by atomic mass is 14.5. The molecule has 2 aliphatic rings. The number of allylic oxidation sites excluding steroid dienone is 1. The van der Waals surface area contributed by atoms with Crippen LogP contribution in [0, 0.1) is 0 Å². The minimum atomic E-state index is -0.330. The van der Waals surface area contributed by atoms with Gasteiger partial charge in [0.15, 0.2) is 0 Å². The maximum absolute atomic E-state index is 4.21. The monoisotopic (exact) mass is 474 g/mol. The van der Waals surface area contributed by atoms with Crippen LogP contribution < -0.4 is 0 Å². The second-order valence-electron chi connectivity index (χ2n) is 10.9. The highest BCUT2D eigenvalue weighted by Crippen LogP contribution is 2.62. The van der Waals surface area contributed by atoms with Crippen LogP contribution in [-0.2, 0) is 10.8 Å². The molecule has 5 aromatic carbocycles. The van der Waals surface area contributed by atoms with Crippen molar-refractivity contribution in [2.75, 3.05) is 0 Å². The van der Waals surface area contributed by atoms with Crippen LogP contribution in [0.2, 0.25) is 0 Å². The Morgan fingerprint density at radius 3 is 1.65 bits per heavy atom. The van der Waals surface area contributed by atoms with Crippen molar-refractivity contribution in [1.29, 1.82) is 0 Å². The molecule has 37 heavy (non-hydrogen) atoms. The molecule has 0 heterocycles. The van der Waals surface area contributed by atoms with Crippen LogP contribution in [0.15, 0.2) is 134 Å². The average molecular weight is 475 g/mol. The molecule has 0 bridgehead atoms. The van der Waals surface area contributed by atoms with Gasteiger partial charge in [0, 0.05) is 11.3 Å². The van der Waals surface area contributed by atoms with Gasteiger partial charge < -0.3 is 0 Å². The van der Waals surface area contributed by atoms with Crippen LogP contribution >= 0.6 is 0 Å². The summed E-state index contributed by atoms with van der Waals surface area (Å²) in [6.45, 7) is 8.95. The van der Waals surface area contributed by atoms with Crippen LogP contribution in [0.1, 0.15) is 64.3 Å². The smallest absolute Gasteiger partial charge is 0.0719 e. The highest BCUT2D eigenvalue weighted by molar-refractivity contribution is 5.88. The molecule has 0 nitrogen and oxygen atoms in total. The Morgan fingerprint density at radius 2 is 1.03 bits per heavy atom. The van der Waals surface area contributed by atoms with Crippen molar-refractivity contribution in [3.05, 3.63) is 178 Å². The molecule has 5 aromatic rings. The zero-order valence-electron chi connectivity index (χ0n) is 21.4.